The summed E-state index contributed by atoms with van der Waals surface area (Å²) in [6.45, 7) is 0. The van der Waals surface area contributed by atoms with Crippen molar-refractivity contribution in [2.24, 2.45) is 0 Å². The molecule has 1 aliphatic rings. The first kappa shape index (κ1) is 24.9. The third-order valence-corrected chi connectivity index (χ3v) is 4.11. The van der Waals surface area contributed by atoms with Gasteiger partial charge in [0.2, 0.25) is 6.10 Å². The first-order chi connectivity index (χ1) is 14.6. The van der Waals surface area contributed by atoms with Crippen LogP contribution < -0.4 is 10.5 Å². The Balaban J connectivity index is 0.000000451. The third-order valence-electron chi connectivity index (χ3n) is 3.90. The lowest BCUT2D eigenvalue weighted by Gasteiger charge is -2.28. The average Bonchev–Trinajstić information content (AvgIpc) is 2.65. The van der Waals surface area contributed by atoms with Gasteiger partial charge in [-0.3, -0.25) is 0 Å². The third kappa shape index (κ3) is 5.84. The molecule has 1 unspecified atom stereocenters. The summed E-state index contributed by atoms with van der Waals surface area (Å²) < 4.78 is 76.6. The first-order valence-corrected chi connectivity index (χ1v) is 8.67. The van der Waals surface area contributed by atoms with Crippen LogP contribution in [-0.4, -0.2) is 40.6 Å². The lowest BCUT2D eigenvalue weighted by molar-refractivity contribution is -0.192. The molecule has 1 heterocycles. The number of carboxylic acid groups (broad SMARTS) is 2. The first-order valence-electron chi connectivity index (χ1n) is 8.29. The van der Waals surface area contributed by atoms with Crippen molar-refractivity contribution < 1.29 is 50.9 Å². The molecule has 0 saturated heterocycles. The molecule has 3 rings (SSSR count). The second kappa shape index (κ2) is 8.99. The highest BCUT2D eigenvalue weighted by atomic mass is 35.5. The van der Waals surface area contributed by atoms with E-state index in [9.17, 15) is 31.1 Å². The van der Waals surface area contributed by atoms with Crippen LogP contribution in [0.3, 0.4) is 0 Å². The van der Waals surface area contributed by atoms with Gasteiger partial charge in [-0.05, 0) is 35.9 Å². The summed E-state index contributed by atoms with van der Waals surface area (Å²) in [6.07, 6.45) is -11.6. The number of nitrogens with two attached hydrogens (primary N) is 1. The van der Waals surface area contributed by atoms with Gasteiger partial charge in [0.05, 0.1) is 5.57 Å². The number of hydrogen-bond acceptors (Lipinski definition) is 4. The molecule has 0 fully saturated rings. The van der Waals surface area contributed by atoms with Crippen LogP contribution in [0.5, 0.6) is 5.75 Å². The summed E-state index contributed by atoms with van der Waals surface area (Å²) in [5.41, 5.74) is 6.19. The number of fused-ring (bicyclic) bond motifs is 1. The molecule has 0 bridgehead atoms. The summed E-state index contributed by atoms with van der Waals surface area (Å²) in [5.74, 6) is -4.56. The SMILES string of the molecule is Nc1cccc(-c2cc(Cl)cc3c2OC(C(F)(F)F)C(C(=O)O)=C3)c1.O=C(O)C(F)(F)F. The number of anilines is 1. The molecule has 2 aromatic rings. The van der Waals surface area contributed by atoms with Gasteiger partial charge in [-0.2, -0.15) is 26.3 Å². The van der Waals surface area contributed by atoms with E-state index < -0.39 is 36.0 Å². The lowest BCUT2D eigenvalue weighted by atomic mass is 9.95. The Morgan fingerprint density at radius 1 is 1.03 bits per heavy atom. The van der Waals surface area contributed by atoms with Crippen LogP contribution in [0.4, 0.5) is 32.0 Å². The van der Waals surface area contributed by atoms with Gasteiger partial charge in [-0.15, -0.1) is 0 Å². The van der Waals surface area contributed by atoms with Gasteiger partial charge in [-0.25, -0.2) is 9.59 Å². The number of ether oxygens (including phenoxy) is 1. The van der Waals surface area contributed by atoms with Crippen molar-refractivity contribution in [3.05, 3.63) is 52.6 Å². The second-order valence-electron chi connectivity index (χ2n) is 6.24. The highest BCUT2D eigenvalue weighted by Crippen LogP contribution is 2.44. The number of rotatable bonds is 2. The van der Waals surface area contributed by atoms with E-state index in [0.717, 1.165) is 6.08 Å². The van der Waals surface area contributed by atoms with Crippen molar-refractivity contribution in [3.63, 3.8) is 0 Å². The molecule has 32 heavy (non-hydrogen) atoms. The Labute approximate surface area is 180 Å². The van der Waals surface area contributed by atoms with Crippen LogP contribution >= 0.6 is 11.6 Å². The summed E-state index contributed by atoms with van der Waals surface area (Å²) in [4.78, 5) is 20.1. The predicted molar refractivity (Wildman–Crippen MR) is 101 cm³/mol. The van der Waals surface area contributed by atoms with Crippen LogP contribution in [0.1, 0.15) is 5.56 Å². The topological polar surface area (TPSA) is 110 Å². The summed E-state index contributed by atoms with van der Waals surface area (Å²) in [5, 5.41) is 16.4. The molecular weight excluding hydrogens is 472 g/mol. The molecule has 0 aliphatic carbocycles. The average molecular weight is 484 g/mol. The number of carbonyl (C=O) groups is 2. The molecule has 0 saturated carbocycles. The minimum atomic E-state index is -5.08. The van der Waals surface area contributed by atoms with Gasteiger partial charge < -0.3 is 20.7 Å². The van der Waals surface area contributed by atoms with Crippen LogP contribution in [0.25, 0.3) is 17.2 Å². The van der Waals surface area contributed by atoms with E-state index in [1.807, 2.05) is 0 Å². The zero-order valence-electron chi connectivity index (χ0n) is 15.5. The molecular formula is C19H12ClF6NO5. The van der Waals surface area contributed by atoms with E-state index in [-0.39, 0.29) is 16.3 Å². The Kier molecular flexibility index (Phi) is 6.98. The monoisotopic (exact) mass is 483 g/mol. The van der Waals surface area contributed by atoms with Crippen molar-refractivity contribution in [2.75, 3.05) is 5.73 Å². The molecule has 0 amide bonds. The number of benzene rings is 2. The Morgan fingerprint density at radius 2 is 1.62 bits per heavy atom. The molecule has 2 aromatic carbocycles. The maximum atomic E-state index is 13.2. The van der Waals surface area contributed by atoms with Crippen molar-refractivity contribution >= 4 is 35.3 Å². The molecule has 172 valence electrons. The largest absolute Gasteiger partial charge is 0.490 e. The second-order valence-corrected chi connectivity index (χ2v) is 6.68. The van der Waals surface area contributed by atoms with E-state index in [1.54, 1.807) is 24.3 Å². The van der Waals surface area contributed by atoms with E-state index in [4.69, 9.17) is 37.1 Å². The molecule has 1 aliphatic heterocycles. The fourth-order valence-corrected chi connectivity index (χ4v) is 2.84. The maximum absolute atomic E-state index is 13.2. The highest BCUT2D eigenvalue weighted by molar-refractivity contribution is 6.31. The van der Waals surface area contributed by atoms with Gasteiger partial charge in [0.15, 0.2) is 0 Å². The lowest BCUT2D eigenvalue weighted by Crippen LogP contribution is -2.40. The molecule has 0 spiro atoms. The summed E-state index contributed by atoms with van der Waals surface area (Å²) >= 11 is 6.04. The van der Waals surface area contributed by atoms with Crippen molar-refractivity contribution in [2.45, 2.75) is 18.5 Å². The molecule has 6 nitrogen and oxygen atoms in total. The summed E-state index contributed by atoms with van der Waals surface area (Å²) in [6, 6.07) is 9.27. The van der Waals surface area contributed by atoms with Crippen LogP contribution in [0.15, 0.2) is 42.0 Å². The van der Waals surface area contributed by atoms with Crippen LogP contribution in [0.2, 0.25) is 5.02 Å². The Hall–Kier alpha value is -3.41. The quantitative estimate of drug-likeness (QED) is 0.409. The van der Waals surface area contributed by atoms with Crippen LogP contribution in [-0.2, 0) is 9.59 Å². The Bertz CT molecular complexity index is 1080. The van der Waals surface area contributed by atoms with Crippen LogP contribution in [0, 0.1) is 0 Å². The number of aliphatic carboxylic acids is 2. The molecule has 1 atom stereocenters. The zero-order chi connectivity index (χ0) is 24.4. The number of hydrogen-bond donors (Lipinski definition) is 3. The van der Waals surface area contributed by atoms with Crippen molar-refractivity contribution in [3.8, 4) is 16.9 Å². The van der Waals surface area contributed by atoms with Gasteiger partial charge in [0.1, 0.15) is 5.75 Å². The standard InChI is InChI=1S/C17H11ClF3NO3.C2HF3O2/c18-10-4-9-6-13(16(23)24)15(17(19,20)21)25-14(9)12(7-10)8-2-1-3-11(22)5-8;3-2(4,5)1(6)7/h1-7,15H,22H2,(H,23,24);(H,6,7). The predicted octanol–water partition coefficient (Wildman–Crippen LogP) is 5.01. The minimum Gasteiger partial charge on any atom is -0.478 e. The fraction of sp³-hybridized carbons (Fsp3) is 0.158. The Morgan fingerprint density at radius 3 is 2.09 bits per heavy atom. The van der Waals surface area contributed by atoms with Gasteiger partial charge in [-0.1, -0.05) is 23.7 Å². The van der Waals surface area contributed by atoms with Gasteiger partial charge in [0.25, 0.3) is 0 Å². The summed E-state index contributed by atoms with van der Waals surface area (Å²) in [7, 11) is 0. The highest BCUT2D eigenvalue weighted by Gasteiger charge is 2.48. The van der Waals surface area contributed by atoms with E-state index in [1.165, 1.54) is 12.1 Å². The van der Waals surface area contributed by atoms with E-state index >= 15 is 0 Å². The fourth-order valence-electron chi connectivity index (χ4n) is 2.62. The molecule has 0 radical (unpaired) electrons. The van der Waals surface area contributed by atoms with Gasteiger partial charge in [0, 0.05) is 21.8 Å². The maximum Gasteiger partial charge on any atom is 0.490 e. The molecule has 13 heteroatoms. The number of carboxylic acids is 2. The van der Waals surface area contributed by atoms with E-state index in [2.05, 4.69) is 0 Å². The minimum absolute atomic E-state index is 0.0951. The molecule has 0 aromatic heterocycles. The molecule has 4 N–H and O–H groups in total. The van der Waals surface area contributed by atoms with Crippen molar-refractivity contribution in [1.29, 1.82) is 0 Å². The van der Waals surface area contributed by atoms with Crippen molar-refractivity contribution in [1.82, 2.24) is 0 Å². The number of nitrogen functional groups attached to an aromatic ring is 1. The zero-order valence-corrected chi connectivity index (χ0v) is 16.2. The number of alkyl halides is 6. The number of halogens is 7. The van der Waals surface area contributed by atoms with Gasteiger partial charge >= 0.3 is 24.3 Å². The smallest absolute Gasteiger partial charge is 0.478 e. The van der Waals surface area contributed by atoms with E-state index in [0.29, 0.717) is 16.8 Å². The normalized spacial score (nSPS) is 15.5.